The van der Waals surface area contributed by atoms with E-state index in [-0.39, 0.29) is 12.3 Å². The van der Waals surface area contributed by atoms with E-state index in [4.69, 9.17) is 9.47 Å². The van der Waals surface area contributed by atoms with Crippen LogP contribution in [0.1, 0.15) is 25.3 Å². The van der Waals surface area contributed by atoms with Gasteiger partial charge in [-0.25, -0.2) is 4.79 Å². The number of hydrogen-bond donors (Lipinski definition) is 0. The van der Waals surface area contributed by atoms with Gasteiger partial charge in [-0.05, 0) is 24.3 Å². The zero-order chi connectivity index (χ0) is 13.9. The van der Waals surface area contributed by atoms with Crippen LogP contribution in [0.3, 0.4) is 0 Å². The molecule has 2 heterocycles. The monoisotopic (exact) mass is 275 g/mol. The van der Waals surface area contributed by atoms with Gasteiger partial charge < -0.3 is 9.47 Å². The molecule has 4 nitrogen and oxygen atoms in total. The van der Waals surface area contributed by atoms with Crippen LogP contribution in [-0.2, 0) is 16.1 Å². The average molecular weight is 275 g/mol. The fourth-order valence-corrected chi connectivity index (χ4v) is 3.15. The summed E-state index contributed by atoms with van der Waals surface area (Å²) in [4.78, 5) is 14.0. The second-order valence-electron chi connectivity index (χ2n) is 5.71. The average Bonchev–Trinajstić information content (AvgIpc) is 2.91. The van der Waals surface area contributed by atoms with E-state index in [0.29, 0.717) is 18.4 Å². The number of nitrogens with zero attached hydrogens (tertiary/aromatic N) is 1. The molecular formula is C16H21NO3. The molecule has 108 valence electrons. The first-order chi connectivity index (χ1) is 9.75. The summed E-state index contributed by atoms with van der Waals surface area (Å²) in [6.07, 6.45) is 1.78. The van der Waals surface area contributed by atoms with Gasteiger partial charge in [0.15, 0.2) is 0 Å². The topological polar surface area (TPSA) is 38.8 Å². The lowest BCUT2D eigenvalue weighted by molar-refractivity contribution is -0.0970. The van der Waals surface area contributed by atoms with Crippen LogP contribution in [-0.4, -0.2) is 30.4 Å². The molecule has 0 spiro atoms. The fraction of sp³-hybridized carbons (Fsp3) is 0.562. The van der Waals surface area contributed by atoms with Crippen molar-refractivity contribution in [3.05, 3.63) is 35.9 Å². The molecule has 0 aromatic heterocycles. The van der Waals surface area contributed by atoms with Crippen LogP contribution in [0, 0.1) is 11.8 Å². The van der Waals surface area contributed by atoms with Crippen molar-refractivity contribution in [2.45, 2.75) is 32.6 Å². The molecule has 3 atom stereocenters. The van der Waals surface area contributed by atoms with Crippen molar-refractivity contribution in [1.29, 1.82) is 0 Å². The van der Waals surface area contributed by atoms with Gasteiger partial charge in [-0.2, -0.15) is 0 Å². The van der Waals surface area contributed by atoms with Gasteiger partial charge in [0.2, 0.25) is 0 Å². The summed E-state index contributed by atoms with van der Waals surface area (Å²) >= 11 is 0. The highest BCUT2D eigenvalue weighted by Crippen LogP contribution is 2.36. The summed E-state index contributed by atoms with van der Waals surface area (Å²) in [5.41, 5.74) is 1.01. The highest BCUT2D eigenvalue weighted by atomic mass is 16.6. The van der Waals surface area contributed by atoms with E-state index >= 15 is 0 Å². The lowest BCUT2D eigenvalue weighted by Gasteiger charge is -2.34. The molecule has 1 amide bonds. The number of fused-ring (bicyclic) bond motifs is 1. The van der Waals surface area contributed by atoms with E-state index in [9.17, 15) is 4.79 Å². The Labute approximate surface area is 119 Å². The number of carbonyl (C=O) groups is 1. The first kappa shape index (κ1) is 13.4. The third kappa shape index (κ3) is 2.66. The zero-order valence-electron chi connectivity index (χ0n) is 11.8. The van der Waals surface area contributed by atoms with E-state index in [1.54, 1.807) is 4.90 Å². The summed E-state index contributed by atoms with van der Waals surface area (Å²) in [5.74, 6) is 1.09. The highest BCUT2D eigenvalue weighted by Gasteiger charge is 2.43. The molecule has 20 heavy (non-hydrogen) atoms. The maximum Gasteiger partial charge on any atom is 0.412 e. The summed E-state index contributed by atoms with van der Waals surface area (Å²) < 4.78 is 11.2. The SMILES string of the molecule is C[C@H]1CCO[C@H]2[C@@H]1CCN2C(=O)OCc1ccccc1. The van der Waals surface area contributed by atoms with Crippen LogP contribution < -0.4 is 0 Å². The van der Waals surface area contributed by atoms with Gasteiger partial charge in [0.25, 0.3) is 0 Å². The summed E-state index contributed by atoms with van der Waals surface area (Å²) in [5, 5.41) is 0. The first-order valence-corrected chi connectivity index (χ1v) is 7.34. The number of benzene rings is 1. The Balaban J connectivity index is 1.58. The largest absolute Gasteiger partial charge is 0.444 e. The van der Waals surface area contributed by atoms with Crippen LogP contribution in [0.2, 0.25) is 0 Å². The molecule has 0 aliphatic carbocycles. The Morgan fingerprint density at radius 1 is 1.35 bits per heavy atom. The predicted molar refractivity (Wildman–Crippen MR) is 75.0 cm³/mol. The molecular weight excluding hydrogens is 254 g/mol. The molecule has 1 aromatic rings. The number of likely N-dealkylation sites (tertiary alicyclic amines) is 1. The first-order valence-electron chi connectivity index (χ1n) is 7.34. The smallest absolute Gasteiger partial charge is 0.412 e. The zero-order valence-corrected chi connectivity index (χ0v) is 11.8. The van der Waals surface area contributed by atoms with Gasteiger partial charge in [0, 0.05) is 19.1 Å². The van der Waals surface area contributed by atoms with Crippen LogP contribution in [0.25, 0.3) is 0 Å². The van der Waals surface area contributed by atoms with E-state index in [0.717, 1.165) is 31.6 Å². The minimum Gasteiger partial charge on any atom is -0.444 e. The summed E-state index contributed by atoms with van der Waals surface area (Å²) in [6.45, 7) is 4.06. The Bertz CT molecular complexity index is 462. The van der Waals surface area contributed by atoms with E-state index in [1.807, 2.05) is 30.3 Å². The Morgan fingerprint density at radius 2 is 2.15 bits per heavy atom. The molecule has 0 radical (unpaired) electrons. The van der Waals surface area contributed by atoms with Crippen molar-refractivity contribution < 1.29 is 14.3 Å². The molecule has 0 saturated carbocycles. The molecule has 2 saturated heterocycles. The molecule has 1 aromatic carbocycles. The van der Waals surface area contributed by atoms with Crippen molar-refractivity contribution in [1.82, 2.24) is 4.90 Å². The number of ether oxygens (including phenoxy) is 2. The van der Waals surface area contributed by atoms with Gasteiger partial charge >= 0.3 is 6.09 Å². The third-order valence-electron chi connectivity index (χ3n) is 4.41. The lowest BCUT2D eigenvalue weighted by atomic mass is 9.88. The molecule has 0 unspecified atom stereocenters. The maximum atomic E-state index is 12.2. The highest BCUT2D eigenvalue weighted by molar-refractivity contribution is 5.68. The standard InChI is InChI=1S/C16H21NO3/c1-12-8-10-19-15-14(12)7-9-17(15)16(18)20-11-13-5-3-2-4-6-13/h2-6,12,14-15H,7-11H2,1H3/t12-,14+,15-/m0/s1. The Hall–Kier alpha value is -1.55. The van der Waals surface area contributed by atoms with Gasteiger partial charge in [0.05, 0.1) is 0 Å². The fourth-order valence-electron chi connectivity index (χ4n) is 3.15. The van der Waals surface area contributed by atoms with Gasteiger partial charge in [-0.15, -0.1) is 0 Å². The normalized spacial score (nSPS) is 29.1. The number of carbonyl (C=O) groups excluding carboxylic acids is 1. The molecule has 2 aliphatic heterocycles. The Kier molecular flexibility index (Phi) is 3.92. The van der Waals surface area contributed by atoms with E-state index in [1.165, 1.54) is 0 Å². The van der Waals surface area contributed by atoms with E-state index < -0.39 is 0 Å². The third-order valence-corrected chi connectivity index (χ3v) is 4.41. The molecule has 0 N–H and O–H groups in total. The molecule has 3 rings (SSSR count). The lowest BCUT2D eigenvalue weighted by Crippen LogP contribution is -2.44. The van der Waals surface area contributed by atoms with Crippen molar-refractivity contribution >= 4 is 6.09 Å². The Morgan fingerprint density at radius 3 is 2.95 bits per heavy atom. The predicted octanol–water partition coefficient (Wildman–Crippen LogP) is 3.03. The minimum absolute atomic E-state index is 0.0815. The molecule has 2 aliphatic rings. The second kappa shape index (κ2) is 5.83. The van der Waals surface area contributed by atoms with Crippen LogP contribution >= 0.6 is 0 Å². The van der Waals surface area contributed by atoms with Crippen molar-refractivity contribution in [3.8, 4) is 0 Å². The van der Waals surface area contributed by atoms with Gasteiger partial charge in [-0.1, -0.05) is 37.3 Å². The van der Waals surface area contributed by atoms with Gasteiger partial charge in [-0.3, -0.25) is 4.90 Å². The van der Waals surface area contributed by atoms with Crippen molar-refractivity contribution in [2.75, 3.05) is 13.2 Å². The summed E-state index contributed by atoms with van der Waals surface area (Å²) in [6, 6.07) is 9.76. The number of rotatable bonds is 2. The van der Waals surface area contributed by atoms with Crippen LogP contribution in [0.4, 0.5) is 4.79 Å². The molecule has 4 heteroatoms. The number of hydrogen-bond acceptors (Lipinski definition) is 3. The van der Waals surface area contributed by atoms with Crippen LogP contribution in [0.15, 0.2) is 30.3 Å². The summed E-state index contributed by atoms with van der Waals surface area (Å²) in [7, 11) is 0. The quantitative estimate of drug-likeness (QED) is 0.832. The molecule has 2 fully saturated rings. The van der Waals surface area contributed by atoms with Crippen molar-refractivity contribution in [2.24, 2.45) is 11.8 Å². The minimum atomic E-state index is -0.254. The van der Waals surface area contributed by atoms with E-state index in [2.05, 4.69) is 6.92 Å². The van der Waals surface area contributed by atoms with Crippen LogP contribution in [0.5, 0.6) is 0 Å². The van der Waals surface area contributed by atoms with Gasteiger partial charge in [0.1, 0.15) is 12.8 Å². The van der Waals surface area contributed by atoms with Crippen molar-refractivity contribution in [3.63, 3.8) is 0 Å². The molecule has 0 bridgehead atoms. The number of amides is 1. The maximum absolute atomic E-state index is 12.2. The second-order valence-corrected chi connectivity index (χ2v) is 5.71.